The molecule has 5 nitrogen and oxygen atoms in total. The van der Waals surface area contributed by atoms with Crippen LogP contribution in [0.4, 0.5) is 26.3 Å². The summed E-state index contributed by atoms with van der Waals surface area (Å²) in [6, 6.07) is 4.14. The number of carboxylic acids is 1. The number of alkyl halides is 6. The van der Waals surface area contributed by atoms with Crippen LogP contribution in [0.1, 0.15) is 21.6 Å². The van der Waals surface area contributed by atoms with Crippen molar-refractivity contribution >= 4 is 17.3 Å². The first kappa shape index (κ1) is 18.9. The second-order valence-electron chi connectivity index (χ2n) is 5.22. The number of aromatic nitrogens is 3. The predicted molar refractivity (Wildman–Crippen MR) is 81.6 cm³/mol. The molecule has 2 aromatic heterocycles. The van der Waals surface area contributed by atoms with Crippen LogP contribution in [0.3, 0.4) is 0 Å². The maximum absolute atomic E-state index is 13.2. The van der Waals surface area contributed by atoms with Gasteiger partial charge < -0.3 is 5.11 Å². The van der Waals surface area contributed by atoms with Crippen molar-refractivity contribution in [2.75, 3.05) is 0 Å². The van der Waals surface area contributed by atoms with Gasteiger partial charge in [-0.2, -0.15) is 31.4 Å². The number of carbonyl (C=O) groups is 1. The van der Waals surface area contributed by atoms with Gasteiger partial charge in [0.2, 0.25) is 5.13 Å². The van der Waals surface area contributed by atoms with E-state index in [1.807, 2.05) is 0 Å². The van der Waals surface area contributed by atoms with Gasteiger partial charge in [0.15, 0.2) is 5.69 Å². The predicted octanol–water partition coefficient (Wildman–Crippen LogP) is 4.73. The number of nitrogens with zero attached hydrogens (tertiary/aromatic N) is 3. The highest BCUT2D eigenvalue weighted by Gasteiger charge is 2.41. The minimum atomic E-state index is -5.02. The molecule has 0 unspecified atom stereocenters. The lowest BCUT2D eigenvalue weighted by Gasteiger charge is -2.09. The van der Waals surface area contributed by atoms with Crippen LogP contribution >= 0.6 is 11.3 Å². The van der Waals surface area contributed by atoms with Gasteiger partial charge in [0.25, 0.3) is 0 Å². The molecule has 0 saturated heterocycles. The topological polar surface area (TPSA) is 68.0 Å². The SMILES string of the molecule is O=C(O)c1cnn(-c2nc(-c3cccc(C(F)(F)F)c3)cs2)c1C(F)(F)F. The number of rotatable bonds is 3. The second kappa shape index (κ2) is 6.37. The van der Waals surface area contributed by atoms with Gasteiger partial charge in [0.1, 0.15) is 5.56 Å². The maximum atomic E-state index is 13.2. The number of aromatic carboxylic acids is 1. The van der Waals surface area contributed by atoms with Gasteiger partial charge in [-0.05, 0) is 12.1 Å². The van der Waals surface area contributed by atoms with Crippen molar-refractivity contribution in [2.24, 2.45) is 0 Å². The Kier molecular flexibility index (Phi) is 4.46. The lowest BCUT2D eigenvalue weighted by molar-refractivity contribution is -0.143. The average Bonchev–Trinajstić information content (AvgIpc) is 3.20. The van der Waals surface area contributed by atoms with Crippen molar-refractivity contribution in [1.29, 1.82) is 0 Å². The van der Waals surface area contributed by atoms with E-state index in [9.17, 15) is 31.1 Å². The highest BCUT2D eigenvalue weighted by atomic mass is 32.1. The van der Waals surface area contributed by atoms with E-state index in [-0.39, 0.29) is 16.4 Å². The fourth-order valence-corrected chi connectivity index (χ4v) is 3.07. The third-order valence-corrected chi connectivity index (χ3v) is 4.24. The Morgan fingerprint density at radius 2 is 1.81 bits per heavy atom. The van der Waals surface area contributed by atoms with E-state index in [0.717, 1.165) is 18.2 Å². The zero-order valence-electron chi connectivity index (χ0n) is 12.8. The molecule has 12 heteroatoms. The molecule has 0 atom stereocenters. The van der Waals surface area contributed by atoms with Crippen molar-refractivity contribution in [1.82, 2.24) is 14.8 Å². The molecular weight excluding hydrogens is 400 g/mol. The summed E-state index contributed by atoms with van der Waals surface area (Å²) in [6.07, 6.45) is -9.07. The first-order valence-electron chi connectivity index (χ1n) is 7.00. The van der Waals surface area contributed by atoms with E-state index in [0.29, 0.717) is 22.2 Å². The summed E-state index contributed by atoms with van der Waals surface area (Å²) in [5.41, 5.74) is -3.47. The van der Waals surface area contributed by atoms with Crippen LogP contribution < -0.4 is 0 Å². The number of hydrogen-bond acceptors (Lipinski definition) is 4. The Labute approximate surface area is 150 Å². The summed E-state index contributed by atoms with van der Waals surface area (Å²) in [5, 5.41) is 13.2. The van der Waals surface area contributed by atoms with Crippen molar-refractivity contribution in [3.8, 4) is 16.4 Å². The van der Waals surface area contributed by atoms with Crippen molar-refractivity contribution in [3.63, 3.8) is 0 Å². The second-order valence-corrected chi connectivity index (χ2v) is 6.05. The van der Waals surface area contributed by atoms with Crippen molar-refractivity contribution in [3.05, 3.63) is 52.7 Å². The third kappa shape index (κ3) is 3.65. The van der Waals surface area contributed by atoms with Crippen LogP contribution in [0, 0.1) is 0 Å². The van der Waals surface area contributed by atoms with Crippen LogP contribution in [0.25, 0.3) is 16.4 Å². The fourth-order valence-electron chi connectivity index (χ4n) is 2.27. The Hall–Kier alpha value is -2.89. The lowest BCUT2D eigenvalue weighted by Crippen LogP contribution is -2.17. The van der Waals surface area contributed by atoms with Gasteiger partial charge in [-0.3, -0.25) is 0 Å². The summed E-state index contributed by atoms with van der Waals surface area (Å²) < 4.78 is 78.4. The zero-order valence-corrected chi connectivity index (χ0v) is 13.7. The summed E-state index contributed by atoms with van der Waals surface area (Å²) >= 11 is 0.681. The van der Waals surface area contributed by atoms with Gasteiger partial charge >= 0.3 is 18.3 Å². The molecule has 3 aromatic rings. The Morgan fingerprint density at radius 1 is 1.11 bits per heavy atom. The number of benzene rings is 1. The molecule has 3 rings (SSSR count). The molecule has 0 amide bonds. The number of hydrogen-bond donors (Lipinski definition) is 1. The van der Waals surface area contributed by atoms with E-state index in [2.05, 4.69) is 10.1 Å². The van der Waals surface area contributed by atoms with Gasteiger partial charge in [-0.15, -0.1) is 11.3 Å². The molecule has 0 aliphatic rings. The molecule has 0 bridgehead atoms. The van der Waals surface area contributed by atoms with Gasteiger partial charge in [-0.25, -0.2) is 14.5 Å². The minimum Gasteiger partial charge on any atom is -0.478 e. The molecule has 0 radical (unpaired) electrons. The van der Waals surface area contributed by atoms with Crippen molar-refractivity contribution < 1.29 is 36.2 Å². The van der Waals surface area contributed by atoms with E-state index >= 15 is 0 Å². The van der Waals surface area contributed by atoms with Crippen molar-refractivity contribution in [2.45, 2.75) is 12.4 Å². The molecule has 1 aromatic carbocycles. The molecule has 0 saturated carbocycles. The standard InChI is InChI=1S/C15H7F6N3O2S/c16-14(17,18)8-3-1-2-7(4-8)10-6-27-13(23-10)24-11(15(19,20)21)9(5-22-24)12(25)26/h1-6H,(H,25,26). The van der Waals surface area contributed by atoms with E-state index in [4.69, 9.17) is 5.11 Å². The molecular formula is C15H7F6N3O2S. The third-order valence-electron chi connectivity index (χ3n) is 3.43. The van der Waals surface area contributed by atoms with Crippen LogP contribution in [0.2, 0.25) is 0 Å². The molecule has 27 heavy (non-hydrogen) atoms. The first-order chi connectivity index (χ1) is 12.5. The molecule has 142 valence electrons. The summed E-state index contributed by atoms with van der Waals surface area (Å²) in [4.78, 5) is 14.9. The summed E-state index contributed by atoms with van der Waals surface area (Å²) in [7, 11) is 0. The smallest absolute Gasteiger partial charge is 0.434 e. The van der Waals surface area contributed by atoms with E-state index in [1.54, 1.807) is 0 Å². The van der Waals surface area contributed by atoms with Crippen LogP contribution in [-0.2, 0) is 12.4 Å². The van der Waals surface area contributed by atoms with Gasteiger partial charge in [-0.1, -0.05) is 12.1 Å². The number of thiazole rings is 1. The van der Waals surface area contributed by atoms with Gasteiger partial charge in [0, 0.05) is 10.9 Å². The Morgan fingerprint density at radius 3 is 2.41 bits per heavy atom. The molecule has 2 heterocycles. The van der Waals surface area contributed by atoms with E-state index in [1.165, 1.54) is 11.4 Å². The number of halogens is 6. The highest BCUT2D eigenvalue weighted by Crippen LogP contribution is 2.36. The highest BCUT2D eigenvalue weighted by molar-refractivity contribution is 7.12. The molecule has 1 N–H and O–H groups in total. The zero-order chi connectivity index (χ0) is 20.0. The fraction of sp³-hybridized carbons (Fsp3) is 0.133. The van der Waals surface area contributed by atoms with Crippen LogP contribution in [-0.4, -0.2) is 25.8 Å². The lowest BCUT2D eigenvalue weighted by atomic mass is 10.1. The molecule has 0 aliphatic heterocycles. The molecule has 0 spiro atoms. The number of carboxylic acid groups (broad SMARTS) is 1. The van der Waals surface area contributed by atoms with Crippen LogP contribution in [0.15, 0.2) is 35.8 Å². The summed E-state index contributed by atoms with van der Waals surface area (Å²) in [5.74, 6) is -1.82. The maximum Gasteiger partial charge on any atom is 0.434 e. The minimum absolute atomic E-state index is 0.00148. The quantitative estimate of drug-likeness (QED) is 0.638. The Balaban J connectivity index is 2.07. The van der Waals surface area contributed by atoms with Crippen LogP contribution in [0.5, 0.6) is 0 Å². The van der Waals surface area contributed by atoms with E-state index < -0.39 is 35.1 Å². The molecule has 0 fully saturated rings. The molecule has 0 aliphatic carbocycles. The first-order valence-corrected chi connectivity index (χ1v) is 7.88. The van der Waals surface area contributed by atoms with Gasteiger partial charge in [0.05, 0.1) is 17.5 Å². The Bertz CT molecular complexity index is 1010. The average molecular weight is 407 g/mol. The largest absolute Gasteiger partial charge is 0.478 e. The monoisotopic (exact) mass is 407 g/mol. The normalized spacial score (nSPS) is 12.4. The summed E-state index contributed by atoms with van der Waals surface area (Å²) in [6.45, 7) is 0.